The van der Waals surface area contributed by atoms with E-state index in [0.717, 1.165) is 28.8 Å². The van der Waals surface area contributed by atoms with E-state index in [9.17, 15) is 9.59 Å². The summed E-state index contributed by atoms with van der Waals surface area (Å²) in [5.74, 6) is -0.134. The van der Waals surface area contributed by atoms with Crippen molar-refractivity contribution in [3.05, 3.63) is 83.6 Å². The molecule has 0 saturated carbocycles. The van der Waals surface area contributed by atoms with E-state index >= 15 is 0 Å². The summed E-state index contributed by atoms with van der Waals surface area (Å²) >= 11 is 0. The van der Waals surface area contributed by atoms with E-state index in [0.29, 0.717) is 25.9 Å². The molecule has 1 aliphatic rings. The molecule has 2 aromatic carbocycles. The predicted molar refractivity (Wildman–Crippen MR) is 126 cm³/mol. The van der Waals surface area contributed by atoms with Gasteiger partial charge in [0.15, 0.2) is 0 Å². The minimum Gasteiger partial charge on any atom is -0.354 e. The minimum atomic E-state index is -0.172. The summed E-state index contributed by atoms with van der Waals surface area (Å²) < 4.78 is 1.91. The molecule has 3 aromatic rings. The summed E-state index contributed by atoms with van der Waals surface area (Å²) in [6.45, 7) is 3.26. The number of carbonyl (C=O) groups is 2. The van der Waals surface area contributed by atoms with E-state index in [1.165, 1.54) is 5.56 Å². The Hall–Kier alpha value is -3.67. The highest BCUT2D eigenvalue weighted by Crippen LogP contribution is 2.24. The molecule has 2 N–H and O–H groups in total. The Morgan fingerprint density at radius 3 is 2.62 bits per heavy atom. The summed E-state index contributed by atoms with van der Waals surface area (Å²) in [4.78, 5) is 23.8. The number of piperidine rings is 1. The number of hydrogen-bond acceptors (Lipinski definition) is 3. The molecule has 0 spiro atoms. The minimum absolute atomic E-state index is 0.0355. The van der Waals surface area contributed by atoms with Crippen LogP contribution in [0.2, 0.25) is 0 Å². The normalized spacial score (nSPS) is 16.2. The van der Waals surface area contributed by atoms with Crippen LogP contribution in [0.3, 0.4) is 0 Å². The molecule has 1 fully saturated rings. The number of benzene rings is 2. The van der Waals surface area contributed by atoms with Gasteiger partial charge in [-0.25, -0.2) is 0 Å². The van der Waals surface area contributed by atoms with Gasteiger partial charge in [-0.2, -0.15) is 5.10 Å². The van der Waals surface area contributed by atoms with Crippen LogP contribution in [0.15, 0.2) is 66.9 Å². The standard InChI is InChI=1S/C26H28N4O2/c1-2-19-8-10-21(11-9-19)26-22(18-30(29-26)17-20-6-4-3-5-7-20)12-14-25(32)28-23-13-15-24(31)27-16-23/h3-12,14,18,23H,2,13,15-17H2,1H3,(H,27,31)(H,28,32)/b14-12+. The first-order chi connectivity index (χ1) is 15.6. The first-order valence-corrected chi connectivity index (χ1v) is 11.1. The number of carbonyl (C=O) groups excluding carboxylic acids is 2. The van der Waals surface area contributed by atoms with Crippen LogP contribution in [0.1, 0.15) is 36.5 Å². The third-order valence-electron chi connectivity index (χ3n) is 5.64. The van der Waals surface area contributed by atoms with Crippen molar-refractivity contribution >= 4 is 17.9 Å². The monoisotopic (exact) mass is 428 g/mol. The number of amides is 2. The second-order valence-electron chi connectivity index (χ2n) is 8.05. The Balaban J connectivity index is 1.54. The summed E-state index contributed by atoms with van der Waals surface area (Å²) in [6.07, 6.45) is 7.42. The summed E-state index contributed by atoms with van der Waals surface area (Å²) in [6, 6.07) is 18.5. The molecule has 0 aliphatic carbocycles. The molecule has 1 atom stereocenters. The fourth-order valence-electron chi connectivity index (χ4n) is 3.80. The number of hydrogen-bond donors (Lipinski definition) is 2. The van der Waals surface area contributed by atoms with Crippen LogP contribution in [0.25, 0.3) is 17.3 Å². The van der Waals surface area contributed by atoms with Gasteiger partial charge in [-0.15, -0.1) is 0 Å². The van der Waals surface area contributed by atoms with Crippen molar-refractivity contribution in [3.63, 3.8) is 0 Å². The summed E-state index contributed by atoms with van der Waals surface area (Å²) in [7, 11) is 0. The second-order valence-corrected chi connectivity index (χ2v) is 8.05. The second kappa shape index (κ2) is 10.1. The maximum atomic E-state index is 12.5. The van der Waals surface area contributed by atoms with Crippen molar-refractivity contribution in [1.29, 1.82) is 0 Å². The topological polar surface area (TPSA) is 76.0 Å². The van der Waals surface area contributed by atoms with Gasteiger partial charge >= 0.3 is 0 Å². The lowest BCUT2D eigenvalue weighted by Crippen LogP contribution is -2.47. The zero-order valence-electron chi connectivity index (χ0n) is 18.3. The van der Waals surface area contributed by atoms with Crippen LogP contribution in [0.5, 0.6) is 0 Å². The van der Waals surface area contributed by atoms with Crippen LogP contribution in [0.4, 0.5) is 0 Å². The molecule has 1 aromatic heterocycles. The molecule has 0 bridgehead atoms. The average molecular weight is 429 g/mol. The molecule has 32 heavy (non-hydrogen) atoms. The molecule has 6 heteroatoms. The van der Waals surface area contributed by atoms with E-state index in [1.807, 2.05) is 35.2 Å². The van der Waals surface area contributed by atoms with Gasteiger partial charge in [-0.05, 0) is 30.0 Å². The van der Waals surface area contributed by atoms with Gasteiger partial charge in [0, 0.05) is 42.4 Å². The average Bonchev–Trinajstić information content (AvgIpc) is 3.22. The van der Waals surface area contributed by atoms with E-state index in [2.05, 4.69) is 54.0 Å². The van der Waals surface area contributed by atoms with E-state index in [4.69, 9.17) is 5.10 Å². The van der Waals surface area contributed by atoms with Gasteiger partial charge in [-0.3, -0.25) is 14.3 Å². The van der Waals surface area contributed by atoms with Crippen molar-refractivity contribution < 1.29 is 9.59 Å². The maximum absolute atomic E-state index is 12.5. The van der Waals surface area contributed by atoms with Crippen LogP contribution in [-0.4, -0.2) is 34.2 Å². The maximum Gasteiger partial charge on any atom is 0.244 e. The SMILES string of the molecule is CCc1ccc(-c2nn(Cc3ccccc3)cc2/C=C/C(=O)NC2CCC(=O)NC2)cc1. The van der Waals surface area contributed by atoms with Crippen LogP contribution < -0.4 is 10.6 Å². The van der Waals surface area contributed by atoms with Crippen molar-refractivity contribution in [2.24, 2.45) is 0 Å². The third kappa shape index (κ3) is 5.52. The quantitative estimate of drug-likeness (QED) is 0.565. The van der Waals surface area contributed by atoms with Crippen LogP contribution >= 0.6 is 0 Å². The lowest BCUT2D eigenvalue weighted by atomic mass is 10.0. The number of aryl methyl sites for hydroxylation is 1. The molecule has 2 heterocycles. The first kappa shape index (κ1) is 21.6. The Morgan fingerprint density at radius 2 is 1.94 bits per heavy atom. The number of nitrogens with zero attached hydrogens (tertiary/aromatic N) is 2. The van der Waals surface area contributed by atoms with Crippen molar-refractivity contribution in [1.82, 2.24) is 20.4 Å². The molecular weight excluding hydrogens is 400 g/mol. The first-order valence-electron chi connectivity index (χ1n) is 11.1. The predicted octanol–water partition coefficient (Wildman–Crippen LogP) is 3.57. The van der Waals surface area contributed by atoms with Crippen molar-refractivity contribution in [3.8, 4) is 11.3 Å². The lowest BCUT2D eigenvalue weighted by Gasteiger charge is -2.22. The van der Waals surface area contributed by atoms with Crippen LogP contribution in [0, 0.1) is 0 Å². The molecule has 4 rings (SSSR count). The molecule has 1 unspecified atom stereocenters. The van der Waals surface area contributed by atoms with Gasteiger partial charge in [0.25, 0.3) is 0 Å². The van der Waals surface area contributed by atoms with Gasteiger partial charge in [0.2, 0.25) is 11.8 Å². The van der Waals surface area contributed by atoms with Gasteiger partial charge < -0.3 is 10.6 Å². The summed E-state index contributed by atoms with van der Waals surface area (Å²) in [5.41, 5.74) is 5.18. The van der Waals surface area contributed by atoms with Gasteiger partial charge in [0.1, 0.15) is 0 Å². The highest BCUT2D eigenvalue weighted by atomic mass is 16.2. The Kier molecular flexibility index (Phi) is 6.80. The third-order valence-corrected chi connectivity index (χ3v) is 5.64. The van der Waals surface area contributed by atoms with Gasteiger partial charge in [0.05, 0.1) is 12.2 Å². The Morgan fingerprint density at radius 1 is 1.16 bits per heavy atom. The van der Waals surface area contributed by atoms with Gasteiger partial charge in [-0.1, -0.05) is 61.5 Å². The van der Waals surface area contributed by atoms with Crippen molar-refractivity contribution in [2.75, 3.05) is 6.54 Å². The van der Waals surface area contributed by atoms with Crippen LogP contribution in [-0.2, 0) is 22.6 Å². The fourth-order valence-corrected chi connectivity index (χ4v) is 3.80. The zero-order valence-corrected chi connectivity index (χ0v) is 18.3. The molecule has 164 valence electrons. The van der Waals surface area contributed by atoms with E-state index < -0.39 is 0 Å². The molecule has 2 amide bonds. The molecular formula is C26H28N4O2. The van der Waals surface area contributed by atoms with E-state index in [-0.39, 0.29) is 17.9 Å². The fraction of sp³-hybridized carbons (Fsp3) is 0.269. The Bertz CT molecular complexity index is 1090. The molecule has 1 saturated heterocycles. The zero-order chi connectivity index (χ0) is 22.3. The number of aromatic nitrogens is 2. The number of rotatable bonds is 7. The highest BCUT2D eigenvalue weighted by Gasteiger charge is 2.18. The number of nitrogens with one attached hydrogen (secondary N) is 2. The van der Waals surface area contributed by atoms with Crippen molar-refractivity contribution in [2.45, 2.75) is 38.8 Å². The largest absolute Gasteiger partial charge is 0.354 e. The Labute approximate surface area is 188 Å². The summed E-state index contributed by atoms with van der Waals surface area (Å²) in [5, 5.41) is 10.6. The lowest BCUT2D eigenvalue weighted by molar-refractivity contribution is -0.124. The molecule has 0 radical (unpaired) electrons. The molecule has 1 aliphatic heterocycles. The van der Waals surface area contributed by atoms with E-state index in [1.54, 1.807) is 6.08 Å². The smallest absolute Gasteiger partial charge is 0.244 e. The highest BCUT2D eigenvalue weighted by molar-refractivity contribution is 5.93. The molecule has 6 nitrogen and oxygen atoms in total.